The van der Waals surface area contributed by atoms with E-state index in [0.29, 0.717) is 12.0 Å². The van der Waals surface area contributed by atoms with Gasteiger partial charge in [0, 0.05) is 12.6 Å². The fourth-order valence-corrected chi connectivity index (χ4v) is 3.35. The quantitative estimate of drug-likeness (QED) is 0.902. The van der Waals surface area contributed by atoms with Crippen LogP contribution in [0, 0.1) is 11.7 Å². The van der Waals surface area contributed by atoms with E-state index in [1.165, 1.54) is 25.0 Å². The van der Waals surface area contributed by atoms with Crippen molar-refractivity contribution in [1.29, 1.82) is 0 Å². The number of aromatic amines is 1. The minimum absolute atomic E-state index is 0.239. The van der Waals surface area contributed by atoms with Crippen molar-refractivity contribution in [2.75, 3.05) is 18.0 Å². The summed E-state index contributed by atoms with van der Waals surface area (Å²) >= 11 is 0. The van der Waals surface area contributed by atoms with Crippen LogP contribution in [0.1, 0.15) is 26.2 Å². The third-order valence-electron chi connectivity index (χ3n) is 4.37. The van der Waals surface area contributed by atoms with E-state index in [0.717, 1.165) is 36.5 Å². The molecule has 0 radical (unpaired) electrons. The van der Waals surface area contributed by atoms with E-state index in [1.807, 2.05) is 0 Å². The van der Waals surface area contributed by atoms with E-state index in [4.69, 9.17) is 5.73 Å². The van der Waals surface area contributed by atoms with Gasteiger partial charge in [0.1, 0.15) is 5.82 Å². The van der Waals surface area contributed by atoms with Gasteiger partial charge in [0.25, 0.3) is 0 Å². The monoisotopic (exact) mass is 276 g/mol. The second-order valence-corrected chi connectivity index (χ2v) is 5.50. The van der Waals surface area contributed by atoms with E-state index in [9.17, 15) is 4.39 Å². The van der Waals surface area contributed by atoms with Crippen molar-refractivity contribution in [3.05, 3.63) is 24.0 Å². The van der Waals surface area contributed by atoms with Gasteiger partial charge in [0.2, 0.25) is 5.95 Å². The zero-order valence-corrected chi connectivity index (χ0v) is 11.8. The number of H-pyrrole nitrogens is 1. The van der Waals surface area contributed by atoms with Crippen LogP contribution in [0.5, 0.6) is 0 Å². The summed E-state index contributed by atoms with van der Waals surface area (Å²) in [5, 5.41) is 0. The van der Waals surface area contributed by atoms with Crippen molar-refractivity contribution in [3.8, 4) is 0 Å². The molecular formula is C15H21FN4. The highest BCUT2D eigenvalue weighted by Crippen LogP contribution is 2.32. The van der Waals surface area contributed by atoms with E-state index in [1.54, 1.807) is 6.07 Å². The largest absolute Gasteiger partial charge is 0.339 e. The molecule has 0 spiro atoms. The average Bonchev–Trinajstić information content (AvgIpc) is 3.05. The van der Waals surface area contributed by atoms with Crippen LogP contribution in [-0.2, 0) is 0 Å². The predicted octanol–water partition coefficient (Wildman–Crippen LogP) is 2.66. The van der Waals surface area contributed by atoms with Gasteiger partial charge in [-0.1, -0.05) is 6.42 Å². The molecule has 1 heterocycles. The molecule has 2 aromatic rings. The standard InChI is InChI=1S/C15H21FN4/c1-2-20(14-5-3-4-10(14)9-17)15-18-12-7-6-11(16)8-13(12)19-15/h6-8,10,14H,2-5,9,17H2,1H3,(H,18,19). The summed E-state index contributed by atoms with van der Waals surface area (Å²) in [4.78, 5) is 10.1. The van der Waals surface area contributed by atoms with Gasteiger partial charge in [0.05, 0.1) is 11.0 Å². The SMILES string of the molecule is CCN(c1nc2ccc(F)cc2[nH]1)C1CCCC1CN. The first-order chi connectivity index (χ1) is 9.72. The lowest BCUT2D eigenvalue weighted by Crippen LogP contribution is -2.41. The van der Waals surface area contributed by atoms with Crippen molar-refractivity contribution < 1.29 is 4.39 Å². The molecule has 2 unspecified atom stereocenters. The number of hydrogen-bond donors (Lipinski definition) is 2. The summed E-state index contributed by atoms with van der Waals surface area (Å²) in [5.74, 6) is 1.12. The summed E-state index contributed by atoms with van der Waals surface area (Å²) in [6.45, 7) is 3.72. The Morgan fingerprint density at radius 2 is 2.30 bits per heavy atom. The van der Waals surface area contributed by atoms with Gasteiger partial charge in [-0.2, -0.15) is 0 Å². The molecule has 1 aliphatic carbocycles. The zero-order valence-electron chi connectivity index (χ0n) is 11.8. The molecule has 1 aromatic heterocycles. The molecule has 0 aliphatic heterocycles. The third kappa shape index (κ3) is 2.26. The number of benzene rings is 1. The molecule has 3 rings (SSSR count). The minimum Gasteiger partial charge on any atom is -0.339 e. The Labute approximate surface area is 118 Å². The van der Waals surface area contributed by atoms with E-state index >= 15 is 0 Å². The number of imidazole rings is 1. The summed E-state index contributed by atoms with van der Waals surface area (Å²) < 4.78 is 13.3. The lowest BCUT2D eigenvalue weighted by Gasteiger charge is -2.31. The average molecular weight is 276 g/mol. The molecule has 0 saturated heterocycles. The Hall–Kier alpha value is -1.62. The molecule has 1 aliphatic rings. The number of fused-ring (bicyclic) bond motifs is 1. The summed E-state index contributed by atoms with van der Waals surface area (Å²) in [5.41, 5.74) is 7.44. The molecule has 2 atom stereocenters. The lowest BCUT2D eigenvalue weighted by molar-refractivity contribution is 0.457. The highest BCUT2D eigenvalue weighted by Gasteiger charge is 2.31. The first-order valence-corrected chi connectivity index (χ1v) is 7.35. The van der Waals surface area contributed by atoms with Gasteiger partial charge in [-0.05, 0) is 50.4 Å². The Bertz CT molecular complexity index is 595. The molecule has 0 amide bonds. The molecular weight excluding hydrogens is 255 g/mol. The van der Waals surface area contributed by atoms with Crippen molar-refractivity contribution in [2.45, 2.75) is 32.2 Å². The van der Waals surface area contributed by atoms with Gasteiger partial charge in [-0.15, -0.1) is 0 Å². The van der Waals surface area contributed by atoms with Crippen LogP contribution in [0.3, 0.4) is 0 Å². The fraction of sp³-hybridized carbons (Fsp3) is 0.533. The maximum Gasteiger partial charge on any atom is 0.204 e. The second kappa shape index (κ2) is 5.40. The number of rotatable bonds is 4. The van der Waals surface area contributed by atoms with Gasteiger partial charge >= 0.3 is 0 Å². The molecule has 5 heteroatoms. The molecule has 108 valence electrons. The van der Waals surface area contributed by atoms with Crippen LogP contribution in [0.2, 0.25) is 0 Å². The van der Waals surface area contributed by atoms with Crippen LogP contribution >= 0.6 is 0 Å². The fourth-order valence-electron chi connectivity index (χ4n) is 3.35. The first-order valence-electron chi connectivity index (χ1n) is 7.35. The van der Waals surface area contributed by atoms with Crippen LogP contribution < -0.4 is 10.6 Å². The number of anilines is 1. The number of nitrogens with one attached hydrogen (secondary N) is 1. The van der Waals surface area contributed by atoms with Gasteiger partial charge in [-0.25, -0.2) is 9.37 Å². The maximum atomic E-state index is 13.3. The minimum atomic E-state index is -0.239. The van der Waals surface area contributed by atoms with Crippen LogP contribution in [0.25, 0.3) is 11.0 Å². The Balaban J connectivity index is 1.94. The third-order valence-corrected chi connectivity index (χ3v) is 4.37. The van der Waals surface area contributed by atoms with Crippen molar-refractivity contribution in [2.24, 2.45) is 11.7 Å². The molecule has 0 bridgehead atoms. The topological polar surface area (TPSA) is 57.9 Å². The van der Waals surface area contributed by atoms with Crippen molar-refractivity contribution in [3.63, 3.8) is 0 Å². The Kier molecular flexibility index (Phi) is 3.61. The molecule has 1 fully saturated rings. The van der Waals surface area contributed by atoms with Crippen LogP contribution in [0.15, 0.2) is 18.2 Å². The van der Waals surface area contributed by atoms with Crippen LogP contribution in [0.4, 0.5) is 10.3 Å². The van der Waals surface area contributed by atoms with E-state index in [2.05, 4.69) is 21.8 Å². The summed E-state index contributed by atoms with van der Waals surface area (Å²) in [7, 11) is 0. The summed E-state index contributed by atoms with van der Waals surface area (Å²) in [6.07, 6.45) is 3.56. The van der Waals surface area contributed by atoms with E-state index in [-0.39, 0.29) is 5.82 Å². The summed E-state index contributed by atoms with van der Waals surface area (Å²) in [6, 6.07) is 5.10. The zero-order chi connectivity index (χ0) is 14.1. The number of hydrogen-bond acceptors (Lipinski definition) is 3. The lowest BCUT2D eigenvalue weighted by atomic mass is 10.0. The van der Waals surface area contributed by atoms with Gasteiger partial charge in [0.15, 0.2) is 0 Å². The number of nitrogens with zero attached hydrogens (tertiary/aromatic N) is 2. The maximum absolute atomic E-state index is 13.3. The van der Waals surface area contributed by atoms with Crippen molar-refractivity contribution >= 4 is 17.0 Å². The molecule has 20 heavy (non-hydrogen) atoms. The smallest absolute Gasteiger partial charge is 0.204 e. The first kappa shape index (κ1) is 13.4. The Morgan fingerprint density at radius 1 is 1.45 bits per heavy atom. The number of halogens is 1. The number of aromatic nitrogens is 2. The highest BCUT2D eigenvalue weighted by atomic mass is 19.1. The number of nitrogens with two attached hydrogens (primary N) is 1. The molecule has 4 nitrogen and oxygen atoms in total. The Morgan fingerprint density at radius 3 is 3.05 bits per heavy atom. The molecule has 3 N–H and O–H groups in total. The second-order valence-electron chi connectivity index (χ2n) is 5.50. The molecule has 1 saturated carbocycles. The van der Waals surface area contributed by atoms with Crippen LogP contribution in [-0.4, -0.2) is 29.1 Å². The van der Waals surface area contributed by atoms with Gasteiger partial charge < -0.3 is 15.6 Å². The normalized spacial score (nSPS) is 22.6. The van der Waals surface area contributed by atoms with Gasteiger partial charge in [-0.3, -0.25) is 0 Å². The molecule has 1 aromatic carbocycles. The van der Waals surface area contributed by atoms with E-state index < -0.39 is 0 Å². The predicted molar refractivity (Wildman–Crippen MR) is 79.3 cm³/mol. The highest BCUT2D eigenvalue weighted by molar-refractivity contribution is 5.77. The van der Waals surface area contributed by atoms with Crippen molar-refractivity contribution in [1.82, 2.24) is 9.97 Å².